The minimum atomic E-state index is 0.559. The number of aromatic nitrogens is 4. The highest BCUT2D eigenvalue weighted by Crippen LogP contribution is 2.22. The third kappa shape index (κ3) is 3.43. The summed E-state index contributed by atoms with van der Waals surface area (Å²) in [6.45, 7) is 7.30. The highest BCUT2D eigenvalue weighted by molar-refractivity contribution is 5.92. The Bertz CT molecular complexity index is 1100. The van der Waals surface area contributed by atoms with Crippen molar-refractivity contribution in [3.05, 3.63) is 59.4 Å². The molecular weight excluding hydrogens is 338 g/mol. The highest BCUT2D eigenvalue weighted by atomic mass is 16.5. The summed E-state index contributed by atoms with van der Waals surface area (Å²) in [7, 11) is 2.00. The lowest BCUT2D eigenvalue weighted by molar-refractivity contribution is 0.325. The molecule has 2 heterocycles. The molecule has 0 spiro atoms. The number of hydrogen-bond acceptors (Lipinski definition) is 5. The maximum atomic E-state index is 5.95. The van der Waals surface area contributed by atoms with Gasteiger partial charge in [-0.05, 0) is 56.2 Å². The summed E-state index contributed by atoms with van der Waals surface area (Å²) < 4.78 is 7.76. The van der Waals surface area contributed by atoms with Crippen molar-refractivity contribution >= 4 is 22.5 Å². The van der Waals surface area contributed by atoms with Crippen molar-refractivity contribution < 1.29 is 4.74 Å². The van der Waals surface area contributed by atoms with E-state index in [1.54, 1.807) is 0 Å². The molecule has 0 saturated carbocycles. The maximum absolute atomic E-state index is 5.95. The molecule has 0 aliphatic carbocycles. The Labute approximate surface area is 158 Å². The monoisotopic (exact) mass is 361 g/mol. The van der Waals surface area contributed by atoms with Crippen LogP contribution in [-0.4, -0.2) is 39.8 Å². The molecule has 2 aromatic heterocycles. The molecule has 0 N–H and O–H groups in total. The third-order valence-electron chi connectivity index (χ3n) is 4.50. The van der Waals surface area contributed by atoms with Crippen molar-refractivity contribution in [1.82, 2.24) is 19.6 Å². The van der Waals surface area contributed by atoms with Gasteiger partial charge in [0.25, 0.3) is 0 Å². The number of hydrogen-bond donors (Lipinski definition) is 0. The van der Waals surface area contributed by atoms with E-state index < -0.39 is 0 Å². The molecule has 27 heavy (non-hydrogen) atoms. The average Bonchev–Trinajstić information content (AvgIpc) is 3.01. The molecule has 0 bridgehead atoms. The fourth-order valence-electron chi connectivity index (χ4n) is 3.31. The molecule has 0 fully saturated rings. The first-order chi connectivity index (χ1) is 13.0. The van der Waals surface area contributed by atoms with Gasteiger partial charge in [-0.1, -0.05) is 18.2 Å². The maximum Gasteiger partial charge on any atom is 0.229 e. The van der Waals surface area contributed by atoms with E-state index in [1.807, 2.05) is 42.8 Å². The lowest BCUT2D eigenvalue weighted by atomic mass is 10.1. The molecule has 0 aliphatic rings. The summed E-state index contributed by atoms with van der Waals surface area (Å²) in [6, 6.07) is 14.3. The van der Waals surface area contributed by atoms with Crippen LogP contribution in [0.1, 0.15) is 17.0 Å². The standard InChI is InChI=1S/C21H23N5O/c1-14-11-15(2)13-17(12-14)27-10-9-25(4)21-23-19-8-6-5-7-18(19)20-22-16(3)24-26(20)21/h5-8,11-13H,9-10H2,1-4H3. The third-order valence-corrected chi connectivity index (χ3v) is 4.50. The van der Waals surface area contributed by atoms with E-state index in [0.717, 1.165) is 34.1 Å². The van der Waals surface area contributed by atoms with Gasteiger partial charge in [0.05, 0.1) is 12.1 Å². The van der Waals surface area contributed by atoms with Crippen LogP contribution in [0.2, 0.25) is 0 Å². The normalized spacial score (nSPS) is 11.3. The Morgan fingerprint density at radius 2 is 1.74 bits per heavy atom. The van der Waals surface area contributed by atoms with Crippen molar-refractivity contribution in [1.29, 1.82) is 0 Å². The van der Waals surface area contributed by atoms with Crippen molar-refractivity contribution in [2.24, 2.45) is 0 Å². The molecule has 0 atom stereocenters. The molecule has 0 radical (unpaired) electrons. The molecule has 0 amide bonds. The Balaban J connectivity index is 1.59. The van der Waals surface area contributed by atoms with Crippen molar-refractivity contribution in [3.8, 4) is 5.75 Å². The van der Waals surface area contributed by atoms with Crippen LogP contribution in [0.4, 0.5) is 5.95 Å². The summed E-state index contributed by atoms with van der Waals surface area (Å²) in [5.74, 6) is 2.39. The van der Waals surface area contributed by atoms with Crippen LogP contribution >= 0.6 is 0 Å². The van der Waals surface area contributed by atoms with Crippen molar-refractivity contribution in [2.45, 2.75) is 20.8 Å². The first-order valence-electron chi connectivity index (χ1n) is 9.05. The quantitative estimate of drug-likeness (QED) is 0.542. The number of ether oxygens (including phenoxy) is 1. The fourth-order valence-corrected chi connectivity index (χ4v) is 3.31. The van der Waals surface area contributed by atoms with Gasteiger partial charge >= 0.3 is 0 Å². The number of para-hydroxylation sites is 1. The zero-order valence-corrected chi connectivity index (χ0v) is 16.1. The lowest BCUT2D eigenvalue weighted by Gasteiger charge is -2.19. The van der Waals surface area contributed by atoms with Crippen LogP contribution in [0.5, 0.6) is 5.75 Å². The SMILES string of the molecule is Cc1cc(C)cc(OCCN(C)c2nc3ccccc3c3nc(C)nn23)c1. The van der Waals surface area contributed by atoms with Gasteiger partial charge in [-0.25, -0.2) is 9.97 Å². The minimum Gasteiger partial charge on any atom is -0.492 e. The number of anilines is 1. The second-order valence-electron chi connectivity index (χ2n) is 6.92. The summed E-state index contributed by atoms with van der Waals surface area (Å²) in [4.78, 5) is 11.4. The Kier molecular flexibility index (Phi) is 4.39. The molecule has 0 aliphatic heterocycles. The molecule has 6 nitrogen and oxygen atoms in total. The number of likely N-dealkylation sites (N-methyl/N-ethyl adjacent to an activating group) is 1. The van der Waals surface area contributed by atoms with E-state index in [0.29, 0.717) is 13.2 Å². The molecule has 4 rings (SSSR count). The number of rotatable bonds is 5. The van der Waals surface area contributed by atoms with E-state index in [9.17, 15) is 0 Å². The van der Waals surface area contributed by atoms with Gasteiger partial charge in [-0.2, -0.15) is 4.52 Å². The predicted octanol–water partition coefficient (Wildman–Crippen LogP) is 3.72. The lowest BCUT2D eigenvalue weighted by Crippen LogP contribution is -2.27. The van der Waals surface area contributed by atoms with Crippen LogP contribution in [0.3, 0.4) is 0 Å². The second-order valence-corrected chi connectivity index (χ2v) is 6.92. The fraction of sp³-hybridized carbons (Fsp3) is 0.286. The van der Waals surface area contributed by atoms with E-state index in [1.165, 1.54) is 11.1 Å². The predicted molar refractivity (Wildman–Crippen MR) is 108 cm³/mol. The molecule has 6 heteroatoms. The molecule has 0 unspecified atom stereocenters. The van der Waals surface area contributed by atoms with E-state index in [4.69, 9.17) is 9.72 Å². The van der Waals surface area contributed by atoms with E-state index >= 15 is 0 Å². The summed E-state index contributed by atoms with van der Waals surface area (Å²) in [5.41, 5.74) is 4.15. The van der Waals surface area contributed by atoms with Crippen LogP contribution in [0, 0.1) is 20.8 Å². The van der Waals surface area contributed by atoms with Gasteiger partial charge in [-0.3, -0.25) is 0 Å². The van der Waals surface area contributed by atoms with Gasteiger partial charge in [0.1, 0.15) is 18.2 Å². The molecule has 2 aromatic carbocycles. The summed E-state index contributed by atoms with van der Waals surface area (Å²) >= 11 is 0. The van der Waals surface area contributed by atoms with Crippen LogP contribution in [0.25, 0.3) is 16.6 Å². The molecule has 4 aromatic rings. The van der Waals surface area contributed by atoms with Gasteiger partial charge in [-0.15, -0.1) is 5.10 Å². The molecule has 0 saturated heterocycles. The summed E-state index contributed by atoms with van der Waals surface area (Å²) in [5, 5.41) is 5.54. The van der Waals surface area contributed by atoms with Gasteiger partial charge < -0.3 is 9.64 Å². The van der Waals surface area contributed by atoms with Crippen LogP contribution < -0.4 is 9.64 Å². The number of nitrogens with zero attached hydrogens (tertiary/aromatic N) is 5. The largest absolute Gasteiger partial charge is 0.492 e. The topological polar surface area (TPSA) is 55.5 Å². The smallest absolute Gasteiger partial charge is 0.229 e. The van der Waals surface area contributed by atoms with E-state index in [2.05, 4.69) is 47.0 Å². The van der Waals surface area contributed by atoms with Crippen LogP contribution in [-0.2, 0) is 0 Å². The Morgan fingerprint density at radius 1 is 1.00 bits per heavy atom. The van der Waals surface area contributed by atoms with Crippen LogP contribution in [0.15, 0.2) is 42.5 Å². The second kappa shape index (κ2) is 6.87. The average molecular weight is 361 g/mol. The van der Waals surface area contributed by atoms with Gasteiger partial charge in [0.15, 0.2) is 5.65 Å². The van der Waals surface area contributed by atoms with Crippen molar-refractivity contribution in [3.63, 3.8) is 0 Å². The highest BCUT2D eigenvalue weighted by Gasteiger charge is 2.15. The van der Waals surface area contributed by atoms with E-state index in [-0.39, 0.29) is 0 Å². The first-order valence-corrected chi connectivity index (χ1v) is 9.05. The number of fused-ring (bicyclic) bond motifs is 3. The van der Waals surface area contributed by atoms with Crippen molar-refractivity contribution in [2.75, 3.05) is 25.1 Å². The zero-order chi connectivity index (χ0) is 19.0. The first kappa shape index (κ1) is 17.3. The summed E-state index contributed by atoms with van der Waals surface area (Å²) in [6.07, 6.45) is 0. The number of benzene rings is 2. The van der Waals surface area contributed by atoms with Gasteiger partial charge in [0.2, 0.25) is 5.95 Å². The molecule has 138 valence electrons. The number of aryl methyl sites for hydroxylation is 3. The Hall–Kier alpha value is -3.15. The molecular formula is C21H23N5O. The zero-order valence-electron chi connectivity index (χ0n) is 16.1. The van der Waals surface area contributed by atoms with Gasteiger partial charge in [0, 0.05) is 12.4 Å². The Morgan fingerprint density at radius 3 is 2.52 bits per heavy atom. The minimum absolute atomic E-state index is 0.559.